The molecule has 0 fully saturated rings. The molecule has 8 nitrogen and oxygen atoms in total. The van der Waals surface area contributed by atoms with Crippen molar-refractivity contribution >= 4 is 23.4 Å². The second kappa shape index (κ2) is 7.34. The summed E-state index contributed by atoms with van der Waals surface area (Å²) >= 11 is 0. The van der Waals surface area contributed by atoms with E-state index in [4.69, 9.17) is 0 Å². The Hall–Kier alpha value is -3.75. The first kappa shape index (κ1) is 18.6. The van der Waals surface area contributed by atoms with Crippen LogP contribution in [-0.2, 0) is 10.2 Å². The molecule has 3 aromatic heterocycles. The molecular weight excluding hydrogens is 375 g/mol. The van der Waals surface area contributed by atoms with Gasteiger partial charge in [0.15, 0.2) is 0 Å². The fraction of sp³-hybridized carbons (Fsp3) is 0.200. The smallest absolute Gasteiger partial charge is 0.304 e. The van der Waals surface area contributed by atoms with Crippen molar-refractivity contribution in [2.75, 3.05) is 5.32 Å². The number of carboxylic acid groups (broad SMARTS) is 1. The first-order valence-electron chi connectivity index (χ1n) is 9.11. The Kier molecular flexibility index (Phi) is 4.71. The lowest BCUT2D eigenvalue weighted by molar-refractivity contribution is -0.138. The van der Waals surface area contributed by atoms with Crippen LogP contribution in [0.15, 0.2) is 54.9 Å². The van der Waals surface area contributed by atoms with Crippen molar-refractivity contribution < 1.29 is 14.3 Å². The summed E-state index contributed by atoms with van der Waals surface area (Å²) in [5.74, 6) is 0.0651. The van der Waals surface area contributed by atoms with Gasteiger partial charge in [-0.15, -0.1) is 0 Å². The predicted molar refractivity (Wildman–Crippen MR) is 105 cm³/mol. The zero-order valence-electron chi connectivity index (χ0n) is 15.6. The summed E-state index contributed by atoms with van der Waals surface area (Å²) in [7, 11) is 0. The summed E-state index contributed by atoms with van der Waals surface area (Å²) in [6.07, 6.45) is 3.61. The third kappa shape index (κ3) is 3.42. The number of nitrogens with one attached hydrogen (secondary N) is 2. The fourth-order valence-corrected chi connectivity index (χ4v) is 3.50. The van der Waals surface area contributed by atoms with Crippen LogP contribution in [0.4, 0.5) is 16.2 Å². The molecule has 0 aliphatic rings. The number of aliphatic carboxylic acids is 1. The number of fused-ring (bicyclic) bond motifs is 1. The lowest BCUT2D eigenvalue weighted by Gasteiger charge is -2.31. The van der Waals surface area contributed by atoms with E-state index in [1.807, 2.05) is 19.1 Å². The minimum atomic E-state index is -1.02. The van der Waals surface area contributed by atoms with E-state index in [1.54, 1.807) is 35.0 Å². The van der Waals surface area contributed by atoms with Crippen LogP contribution < -0.4 is 5.32 Å². The van der Waals surface area contributed by atoms with Crippen molar-refractivity contribution in [2.24, 2.45) is 0 Å². The molecule has 1 unspecified atom stereocenters. The molecular formula is C20H19FN6O2. The number of rotatable bonds is 7. The molecule has 148 valence electrons. The zero-order chi connectivity index (χ0) is 20.4. The first-order chi connectivity index (χ1) is 14.0. The van der Waals surface area contributed by atoms with Crippen LogP contribution in [-0.4, -0.2) is 35.6 Å². The Labute approximate surface area is 165 Å². The largest absolute Gasteiger partial charge is 0.481 e. The second-order valence-corrected chi connectivity index (χ2v) is 6.72. The van der Waals surface area contributed by atoms with Gasteiger partial charge < -0.3 is 10.4 Å². The molecule has 0 saturated heterocycles. The van der Waals surface area contributed by atoms with Crippen molar-refractivity contribution in [1.29, 1.82) is 0 Å². The number of aromatic nitrogens is 5. The summed E-state index contributed by atoms with van der Waals surface area (Å²) < 4.78 is 15.3. The quantitative estimate of drug-likeness (QED) is 0.443. The number of anilines is 2. The third-order valence-electron chi connectivity index (χ3n) is 5.02. The molecule has 0 aliphatic carbocycles. The number of H-pyrrole nitrogens is 1. The van der Waals surface area contributed by atoms with Crippen molar-refractivity contribution in [2.45, 2.75) is 25.2 Å². The summed E-state index contributed by atoms with van der Waals surface area (Å²) in [6, 6.07) is 11.2. The predicted octanol–water partition coefficient (Wildman–Crippen LogP) is 3.51. The van der Waals surface area contributed by atoms with Crippen LogP contribution in [0.1, 0.15) is 31.2 Å². The van der Waals surface area contributed by atoms with E-state index in [1.165, 1.54) is 12.1 Å². The summed E-state index contributed by atoms with van der Waals surface area (Å²) in [5.41, 5.74) is 0.241. The Morgan fingerprint density at radius 3 is 2.69 bits per heavy atom. The maximum Gasteiger partial charge on any atom is 0.304 e. The van der Waals surface area contributed by atoms with E-state index in [9.17, 15) is 14.3 Å². The van der Waals surface area contributed by atoms with Gasteiger partial charge in [-0.1, -0.05) is 19.1 Å². The highest BCUT2D eigenvalue weighted by molar-refractivity contribution is 5.70. The number of halogens is 1. The van der Waals surface area contributed by atoms with Gasteiger partial charge in [-0.05, 0) is 36.2 Å². The highest BCUT2D eigenvalue weighted by Crippen LogP contribution is 2.38. The van der Waals surface area contributed by atoms with Gasteiger partial charge in [0.1, 0.15) is 23.1 Å². The van der Waals surface area contributed by atoms with E-state index < -0.39 is 17.2 Å². The van der Waals surface area contributed by atoms with Gasteiger partial charge in [0.25, 0.3) is 0 Å². The van der Waals surface area contributed by atoms with Gasteiger partial charge in [-0.25, -0.2) is 9.37 Å². The minimum Gasteiger partial charge on any atom is -0.481 e. The molecule has 0 aliphatic heterocycles. The Bertz CT molecular complexity index is 1140. The molecule has 4 rings (SSSR count). The Balaban J connectivity index is 1.92. The van der Waals surface area contributed by atoms with Crippen molar-refractivity contribution in [1.82, 2.24) is 24.6 Å². The van der Waals surface area contributed by atoms with Gasteiger partial charge >= 0.3 is 5.97 Å². The molecule has 29 heavy (non-hydrogen) atoms. The number of carboxylic acids is 1. The number of carbonyl (C=O) groups is 1. The SMILES string of the molecule is CCC(CC(=O)O)(c1ccc(F)cc1)c1nc(Nc2ccn[nH]2)n2cccc2n1. The van der Waals surface area contributed by atoms with Crippen molar-refractivity contribution in [3.63, 3.8) is 0 Å². The normalized spacial score (nSPS) is 13.3. The standard InChI is InChI=1S/C20H19FN6O2/c1-2-20(12-17(28)29,13-5-7-14(21)8-6-13)18-24-16-4-3-11-27(16)19(25-18)23-15-9-10-22-26-15/h3-11H,2,12H2,1H3,(H,28,29)(H2,22,23,24,25,26). The van der Waals surface area contributed by atoms with Crippen LogP contribution in [0, 0.1) is 5.82 Å². The highest BCUT2D eigenvalue weighted by Gasteiger charge is 2.39. The maximum atomic E-state index is 13.5. The van der Waals surface area contributed by atoms with Crippen LogP contribution in [0.25, 0.3) is 5.65 Å². The minimum absolute atomic E-state index is 0.227. The van der Waals surface area contributed by atoms with Crippen LogP contribution in [0.5, 0.6) is 0 Å². The average Bonchev–Trinajstić information content (AvgIpc) is 3.38. The molecule has 0 radical (unpaired) electrons. The van der Waals surface area contributed by atoms with Crippen molar-refractivity contribution in [3.8, 4) is 0 Å². The third-order valence-corrected chi connectivity index (χ3v) is 5.02. The van der Waals surface area contributed by atoms with Crippen LogP contribution >= 0.6 is 0 Å². The van der Waals surface area contributed by atoms with E-state index >= 15 is 0 Å². The summed E-state index contributed by atoms with van der Waals surface area (Å²) in [6.45, 7) is 1.87. The van der Waals surface area contributed by atoms with Gasteiger partial charge in [-0.2, -0.15) is 10.1 Å². The molecule has 0 spiro atoms. The number of aromatic amines is 1. The number of hydrogen-bond acceptors (Lipinski definition) is 5. The molecule has 3 heterocycles. The van der Waals surface area contributed by atoms with Gasteiger partial charge in [-0.3, -0.25) is 14.3 Å². The monoisotopic (exact) mass is 394 g/mol. The number of benzene rings is 1. The lowest BCUT2D eigenvalue weighted by atomic mass is 9.74. The molecule has 4 aromatic rings. The van der Waals surface area contributed by atoms with E-state index in [-0.39, 0.29) is 6.42 Å². The lowest BCUT2D eigenvalue weighted by Crippen LogP contribution is -2.33. The van der Waals surface area contributed by atoms with Crippen molar-refractivity contribution in [3.05, 3.63) is 72.1 Å². The Morgan fingerprint density at radius 2 is 2.03 bits per heavy atom. The maximum absolute atomic E-state index is 13.5. The topological polar surface area (TPSA) is 108 Å². The second-order valence-electron chi connectivity index (χ2n) is 6.72. The Morgan fingerprint density at radius 1 is 1.24 bits per heavy atom. The van der Waals surface area contributed by atoms with Crippen LogP contribution in [0.3, 0.4) is 0 Å². The first-order valence-corrected chi connectivity index (χ1v) is 9.11. The van der Waals surface area contributed by atoms with Gasteiger partial charge in [0.2, 0.25) is 5.95 Å². The van der Waals surface area contributed by atoms with Gasteiger partial charge in [0.05, 0.1) is 18.0 Å². The molecule has 0 amide bonds. The molecule has 3 N–H and O–H groups in total. The number of nitrogens with zero attached hydrogens (tertiary/aromatic N) is 4. The van der Waals surface area contributed by atoms with E-state index in [0.29, 0.717) is 35.2 Å². The molecule has 1 atom stereocenters. The summed E-state index contributed by atoms with van der Waals surface area (Å²) in [4.78, 5) is 21.1. The van der Waals surface area contributed by atoms with E-state index in [0.717, 1.165) is 0 Å². The van der Waals surface area contributed by atoms with E-state index in [2.05, 4.69) is 25.5 Å². The fourth-order valence-electron chi connectivity index (χ4n) is 3.50. The molecule has 9 heteroatoms. The molecule has 0 bridgehead atoms. The summed E-state index contributed by atoms with van der Waals surface area (Å²) in [5, 5.41) is 19.5. The zero-order valence-corrected chi connectivity index (χ0v) is 15.6. The molecule has 0 saturated carbocycles. The van der Waals surface area contributed by atoms with Gasteiger partial charge in [0, 0.05) is 12.3 Å². The van der Waals surface area contributed by atoms with Crippen LogP contribution in [0.2, 0.25) is 0 Å². The molecule has 1 aromatic carbocycles. The number of hydrogen-bond donors (Lipinski definition) is 3. The average molecular weight is 394 g/mol. The highest BCUT2D eigenvalue weighted by atomic mass is 19.1.